The number of hydrogen-bond acceptors (Lipinski definition) is 3. The van der Waals surface area contributed by atoms with Gasteiger partial charge in [0.15, 0.2) is 0 Å². The number of piperazine rings is 1. The molecule has 0 spiro atoms. The van der Waals surface area contributed by atoms with E-state index >= 15 is 0 Å². The first kappa shape index (κ1) is 21.8. The second-order valence-corrected chi connectivity index (χ2v) is 9.22. The van der Waals surface area contributed by atoms with Gasteiger partial charge < -0.3 is 14.7 Å². The Hall–Kier alpha value is -1.89. The molecule has 0 aromatic heterocycles. The lowest BCUT2D eigenvalue weighted by atomic mass is 10.1. The molecule has 1 atom stereocenters. The van der Waals surface area contributed by atoms with Gasteiger partial charge in [-0.3, -0.25) is 14.4 Å². The fourth-order valence-corrected chi connectivity index (χ4v) is 4.25. The highest BCUT2D eigenvalue weighted by molar-refractivity contribution is 9.10. The highest BCUT2D eigenvalue weighted by Gasteiger charge is 2.38. The average Bonchev–Trinajstić information content (AvgIpc) is 3.21. The molecular formula is C22H30BrN3O3. The lowest BCUT2D eigenvalue weighted by Crippen LogP contribution is -2.55. The number of halogens is 1. The van der Waals surface area contributed by atoms with E-state index in [1.165, 1.54) is 0 Å². The van der Waals surface area contributed by atoms with E-state index in [9.17, 15) is 14.4 Å². The summed E-state index contributed by atoms with van der Waals surface area (Å²) >= 11 is 3.38. The van der Waals surface area contributed by atoms with Gasteiger partial charge in [0.25, 0.3) is 5.91 Å². The molecule has 7 heteroatoms. The fourth-order valence-electron chi connectivity index (χ4n) is 3.98. The molecule has 2 saturated heterocycles. The minimum atomic E-state index is -0.394. The highest BCUT2D eigenvalue weighted by atomic mass is 79.9. The van der Waals surface area contributed by atoms with Crippen molar-refractivity contribution in [3.05, 3.63) is 34.3 Å². The molecule has 0 bridgehead atoms. The summed E-state index contributed by atoms with van der Waals surface area (Å²) in [5.41, 5.74) is 0.605. The van der Waals surface area contributed by atoms with Crippen molar-refractivity contribution < 1.29 is 14.4 Å². The number of carbonyl (C=O) groups excluding carboxylic acids is 3. The summed E-state index contributed by atoms with van der Waals surface area (Å²) in [7, 11) is 0. The van der Waals surface area contributed by atoms with E-state index in [4.69, 9.17) is 0 Å². The highest BCUT2D eigenvalue weighted by Crippen LogP contribution is 2.23. The Morgan fingerprint density at radius 3 is 2.24 bits per heavy atom. The van der Waals surface area contributed by atoms with Gasteiger partial charge in [0.05, 0.1) is 0 Å². The van der Waals surface area contributed by atoms with Gasteiger partial charge in [0, 0.05) is 49.2 Å². The predicted octanol–water partition coefficient (Wildman–Crippen LogP) is 3.16. The molecular weight excluding hydrogens is 434 g/mol. The maximum absolute atomic E-state index is 13.1. The molecule has 2 heterocycles. The van der Waals surface area contributed by atoms with Crippen molar-refractivity contribution in [3.8, 4) is 0 Å². The summed E-state index contributed by atoms with van der Waals surface area (Å²) in [6, 6.07) is 6.86. The van der Waals surface area contributed by atoms with Gasteiger partial charge in [0.1, 0.15) is 6.04 Å². The van der Waals surface area contributed by atoms with Gasteiger partial charge in [-0.1, -0.05) is 29.8 Å². The number of hydrogen-bond donors (Lipinski definition) is 0. The molecule has 29 heavy (non-hydrogen) atoms. The Labute approximate surface area is 181 Å². The Kier molecular flexibility index (Phi) is 7.33. The molecule has 2 fully saturated rings. The van der Waals surface area contributed by atoms with E-state index < -0.39 is 6.04 Å². The summed E-state index contributed by atoms with van der Waals surface area (Å²) in [6.07, 6.45) is 3.01. The van der Waals surface area contributed by atoms with Crippen molar-refractivity contribution in [1.82, 2.24) is 14.7 Å². The first-order valence-corrected chi connectivity index (χ1v) is 11.3. The lowest BCUT2D eigenvalue weighted by molar-refractivity contribution is -0.142. The molecule has 0 saturated carbocycles. The Morgan fingerprint density at radius 2 is 1.62 bits per heavy atom. The van der Waals surface area contributed by atoms with Crippen molar-refractivity contribution >= 4 is 33.7 Å². The van der Waals surface area contributed by atoms with Crippen LogP contribution in [0.3, 0.4) is 0 Å². The van der Waals surface area contributed by atoms with E-state index in [0.717, 1.165) is 17.3 Å². The second-order valence-electron chi connectivity index (χ2n) is 8.30. The standard InChI is InChI=1S/C22H30BrN3O3/c1-16(2)5-10-20(27)24-12-14-25(15-13-24)22(29)19-4-3-11-26(19)21(28)17-6-8-18(23)9-7-17/h6-9,16,19H,3-5,10-15H2,1-2H3. The van der Waals surface area contributed by atoms with Crippen molar-refractivity contribution in [2.75, 3.05) is 32.7 Å². The van der Waals surface area contributed by atoms with Crippen LogP contribution in [0.25, 0.3) is 0 Å². The van der Waals surface area contributed by atoms with Crippen LogP contribution in [0.2, 0.25) is 0 Å². The smallest absolute Gasteiger partial charge is 0.254 e. The summed E-state index contributed by atoms with van der Waals surface area (Å²) < 4.78 is 0.920. The normalized spacial score (nSPS) is 19.7. The molecule has 6 nitrogen and oxygen atoms in total. The van der Waals surface area contributed by atoms with Crippen molar-refractivity contribution in [3.63, 3.8) is 0 Å². The molecule has 1 unspecified atom stereocenters. The number of carbonyl (C=O) groups is 3. The third kappa shape index (κ3) is 5.38. The molecule has 1 aromatic rings. The van der Waals surface area contributed by atoms with Gasteiger partial charge in [-0.15, -0.1) is 0 Å². The fraction of sp³-hybridized carbons (Fsp3) is 0.591. The van der Waals surface area contributed by atoms with Crippen molar-refractivity contribution in [1.29, 1.82) is 0 Å². The second kappa shape index (κ2) is 9.74. The molecule has 0 aliphatic carbocycles. The van der Waals surface area contributed by atoms with E-state index in [0.29, 0.717) is 57.0 Å². The Morgan fingerprint density at radius 1 is 1.00 bits per heavy atom. The Balaban J connectivity index is 1.56. The third-order valence-corrected chi connectivity index (χ3v) is 6.30. The molecule has 2 aliphatic rings. The van der Waals surface area contributed by atoms with Gasteiger partial charge >= 0.3 is 0 Å². The summed E-state index contributed by atoms with van der Waals surface area (Å²) in [4.78, 5) is 43.8. The lowest BCUT2D eigenvalue weighted by Gasteiger charge is -2.37. The van der Waals surface area contributed by atoms with E-state index in [1.807, 2.05) is 21.9 Å². The molecule has 2 aliphatic heterocycles. The van der Waals surface area contributed by atoms with Crippen molar-refractivity contribution in [2.24, 2.45) is 5.92 Å². The van der Waals surface area contributed by atoms with Crippen LogP contribution in [0, 0.1) is 5.92 Å². The quantitative estimate of drug-likeness (QED) is 0.673. The van der Waals surface area contributed by atoms with E-state index in [-0.39, 0.29) is 17.7 Å². The molecule has 3 rings (SSSR count). The van der Waals surface area contributed by atoms with Gasteiger partial charge in [0.2, 0.25) is 11.8 Å². The number of amides is 3. The van der Waals surface area contributed by atoms with E-state index in [2.05, 4.69) is 29.8 Å². The Bertz CT molecular complexity index is 742. The molecule has 3 amide bonds. The van der Waals surface area contributed by atoms with Gasteiger partial charge in [-0.25, -0.2) is 0 Å². The largest absolute Gasteiger partial charge is 0.339 e. The molecule has 0 radical (unpaired) electrons. The van der Waals surface area contributed by atoms with Crippen LogP contribution in [0.1, 0.15) is 49.9 Å². The number of rotatable bonds is 5. The van der Waals surface area contributed by atoms with Crippen LogP contribution in [0.4, 0.5) is 0 Å². The van der Waals surface area contributed by atoms with Crippen LogP contribution < -0.4 is 0 Å². The predicted molar refractivity (Wildman–Crippen MR) is 115 cm³/mol. The van der Waals surface area contributed by atoms with Crippen LogP contribution in [0.15, 0.2) is 28.7 Å². The number of likely N-dealkylation sites (tertiary alicyclic amines) is 1. The van der Waals surface area contributed by atoms with Crippen LogP contribution in [-0.2, 0) is 9.59 Å². The number of nitrogens with zero attached hydrogens (tertiary/aromatic N) is 3. The molecule has 1 aromatic carbocycles. The maximum atomic E-state index is 13.1. The maximum Gasteiger partial charge on any atom is 0.254 e. The van der Waals surface area contributed by atoms with E-state index in [1.54, 1.807) is 17.0 Å². The molecule has 158 valence electrons. The monoisotopic (exact) mass is 463 g/mol. The molecule has 0 N–H and O–H groups in total. The van der Waals surface area contributed by atoms with Crippen LogP contribution >= 0.6 is 15.9 Å². The first-order chi connectivity index (χ1) is 13.9. The minimum absolute atomic E-state index is 0.0160. The zero-order valence-electron chi connectivity index (χ0n) is 17.3. The summed E-state index contributed by atoms with van der Waals surface area (Å²) in [5.74, 6) is 0.621. The first-order valence-electron chi connectivity index (χ1n) is 10.5. The third-order valence-electron chi connectivity index (χ3n) is 5.77. The number of benzene rings is 1. The van der Waals surface area contributed by atoms with Crippen LogP contribution in [-0.4, -0.2) is 71.2 Å². The topological polar surface area (TPSA) is 60.9 Å². The minimum Gasteiger partial charge on any atom is -0.339 e. The zero-order valence-corrected chi connectivity index (χ0v) is 18.9. The van der Waals surface area contributed by atoms with Gasteiger partial charge in [-0.2, -0.15) is 0 Å². The summed E-state index contributed by atoms with van der Waals surface area (Å²) in [5, 5.41) is 0. The zero-order chi connectivity index (χ0) is 21.0. The average molecular weight is 464 g/mol. The van der Waals surface area contributed by atoms with Crippen LogP contribution in [0.5, 0.6) is 0 Å². The van der Waals surface area contributed by atoms with Crippen molar-refractivity contribution in [2.45, 2.75) is 45.6 Å². The van der Waals surface area contributed by atoms with Gasteiger partial charge in [-0.05, 0) is 49.4 Å². The summed E-state index contributed by atoms with van der Waals surface area (Å²) in [6.45, 7) is 7.09. The SMILES string of the molecule is CC(C)CCC(=O)N1CCN(C(=O)C2CCCN2C(=O)c2ccc(Br)cc2)CC1.